The molecular formula is C17H21N3O. The second-order valence-corrected chi connectivity index (χ2v) is 5.15. The lowest BCUT2D eigenvalue weighted by Crippen LogP contribution is -2.23. The third-order valence-corrected chi connectivity index (χ3v) is 3.66. The minimum absolute atomic E-state index is 0.184. The summed E-state index contributed by atoms with van der Waals surface area (Å²) in [6.07, 6.45) is 3.88. The molecule has 0 saturated carbocycles. The van der Waals surface area contributed by atoms with E-state index in [1.54, 1.807) is 7.11 Å². The summed E-state index contributed by atoms with van der Waals surface area (Å²) in [7, 11) is 1.58. The van der Waals surface area contributed by atoms with Gasteiger partial charge in [-0.05, 0) is 36.2 Å². The number of hydrogen-bond acceptors (Lipinski definition) is 3. The molecule has 0 aliphatic rings. The molecule has 1 heterocycles. The summed E-state index contributed by atoms with van der Waals surface area (Å²) in [5.74, 6) is 0.613. The van der Waals surface area contributed by atoms with Crippen molar-refractivity contribution >= 4 is 0 Å². The van der Waals surface area contributed by atoms with Crippen LogP contribution in [0.15, 0.2) is 36.5 Å². The molecule has 1 unspecified atom stereocenters. The molecule has 1 aromatic carbocycles. The van der Waals surface area contributed by atoms with E-state index in [9.17, 15) is 0 Å². The number of aromatic nitrogens is 1. The molecule has 1 aromatic heterocycles. The smallest absolute Gasteiger partial charge is 0.136 e. The topological polar surface area (TPSA) is 64.0 Å². The summed E-state index contributed by atoms with van der Waals surface area (Å²) in [5, 5.41) is 9.15. The van der Waals surface area contributed by atoms with Crippen LogP contribution in [0.4, 0.5) is 0 Å². The van der Waals surface area contributed by atoms with Crippen molar-refractivity contribution in [2.24, 2.45) is 5.73 Å². The number of nitriles is 1. The standard InChI is InChI=1S/C17H21N3O/c1-3-15(19)10-16-5-4-8-20(16)12-13-6-7-17(21-2)14(9-13)11-18/h4-9,15H,3,10,12,19H2,1-2H3. The predicted octanol–water partition coefficient (Wildman–Crippen LogP) is 2.70. The van der Waals surface area contributed by atoms with Gasteiger partial charge in [0.1, 0.15) is 11.8 Å². The summed E-state index contributed by atoms with van der Waals surface area (Å²) in [4.78, 5) is 0. The Kier molecular flexibility index (Phi) is 5.02. The second-order valence-electron chi connectivity index (χ2n) is 5.15. The SMILES string of the molecule is CCC(N)Cc1cccn1Cc1ccc(OC)c(C#N)c1. The normalized spacial score (nSPS) is 11.9. The Hall–Kier alpha value is -2.25. The molecule has 1 atom stereocenters. The minimum atomic E-state index is 0.184. The van der Waals surface area contributed by atoms with Crippen LogP contribution in [-0.2, 0) is 13.0 Å². The average molecular weight is 283 g/mol. The van der Waals surface area contributed by atoms with Gasteiger partial charge < -0.3 is 15.0 Å². The van der Waals surface area contributed by atoms with Crippen LogP contribution in [0.5, 0.6) is 5.75 Å². The minimum Gasteiger partial charge on any atom is -0.495 e. The van der Waals surface area contributed by atoms with Crippen LogP contribution < -0.4 is 10.5 Å². The summed E-state index contributed by atoms with van der Waals surface area (Å²) in [6, 6.07) is 12.2. The number of benzene rings is 1. The summed E-state index contributed by atoms with van der Waals surface area (Å²) < 4.78 is 7.35. The third kappa shape index (κ3) is 3.65. The number of rotatable bonds is 6. The number of nitrogens with two attached hydrogens (primary N) is 1. The van der Waals surface area contributed by atoms with E-state index in [0.717, 1.165) is 24.9 Å². The number of hydrogen-bond donors (Lipinski definition) is 1. The molecule has 0 spiro atoms. The lowest BCUT2D eigenvalue weighted by Gasteiger charge is -2.13. The Morgan fingerprint density at radius 2 is 2.19 bits per heavy atom. The Bertz CT molecular complexity index is 640. The van der Waals surface area contributed by atoms with E-state index in [-0.39, 0.29) is 6.04 Å². The molecule has 0 fully saturated rings. The highest BCUT2D eigenvalue weighted by molar-refractivity contribution is 5.45. The monoisotopic (exact) mass is 283 g/mol. The molecule has 4 heteroatoms. The van der Waals surface area contributed by atoms with E-state index < -0.39 is 0 Å². The Balaban J connectivity index is 2.19. The van der Waals surface area contributed by atoms with Gasteiger partial charge in [-0.25, -0.2) is 0 Å². The predicted molar refractivity (Wildman–Crippen MR) is 83.2 cm³/mol. The molecule has 0 aliphatic heterocycles. The molecule has 2 rings (SSSR count). The second kappa shape index (κ2) is 6.96. The fraction of sp³-hybridized carbons (Fsp3) is 0.353. The molecule has 0 aliphatic carbocycles. The number of ether oxygens (including phenoxy) is 1. The van der Waals surface area contributed by atoms with Crippen molar-refractivity contribution in [2.45, 2.75) is 32.4 Å². The highest BCUT2D eigenvalue weighted by Gasteiger charge is 2.08. The van der Waals surface area contributed by atoms with Gasteiger partial charge in [0.05, 0.1) is 12.7 Å². The molecule has 0 saturated heterocycles. The van der Waals surface area contributed by atoms with E-state index in [0.29, 0.717) is 11.3 Å². The van der Waals surface area contributed by atoms with Gasteiger partial charge in [0.2, 0.25) is 0 Å². The van der Waals surface area contributed by atoms with E-state index in [2.05, 4.69) is 23.6 Å². The zero-order valence-electron chi connectivity index (χ0n) is 12.5. The largest absolute Gasteiger partial charge is 0.495 e. The Labute approximate surface area is 125 Å². The fourth-order valence-corrected chi connectivity index (χ4v) is 2.34. The zero-order chi connectivity index (χ0) is 15.2. The van der Waals surface area contributed by atoms with Crippen LogP contribution in [0.1, 0.15) is 30.2 Å². The van der Waals surface area contributed by atoms with Crippen molar-refractivity contribution in [3.63, 3.8) is 0 Å². The van der Waals surface area contributed by atoms with Gasteiger partial charge in [-0.15, -0.1) is 0 Å². The van der Waals surface area contributed by atoms with Crippen molar-refractivity contribution in [3.05, 3.63) is 53.3 Å². The van der Waals surface area contributed by atoms with Crippen LogP contribution >= 0.6 is 0 Å². The average Bonchev–Trinajstić information content (AvgIpc) is 2.93. The van der Waals surface area contributed by atoms with E-state index in [1.165, 1.54) is 5.69 Å². The van der Waals surface area contributed by atoms with Gasteiger partial charge >= 0.3 is 0 Å². The van der Waals surface area contributed by atoms with Crippen LogP contribution in [-0.4, -0.2) is 17.7 Å². The van der Waals surface area contributed by atoms with Crippen LogP contribution in [0.25, 0.3) is 0 Å². The van der Waals surface area contributed by atoms with E-state index in [1.807, 2.05) is 30.5 Å². The van der Waals surface area contributed by atoms with Crippen molar-refractivity contribution in [1.82, 2.24) is 4.57 Å². The molecule has 21 heavy (non-hydrogen) atoms. The lowest BCUT2D eigenvalue weighted by molar-refractivity contribution is 0.413. The molecule has 110 valence electrons. The van der Waals surface area contributed by atoms with Crippen LogP contribution in [0, 0.1) is 11.3 Å². The third-order valence-electron chi connectivity index (χ3n) is 3.66. The Morgan fingerprint density at radius 1 is 1.38 bits per heavy atom. The first kappa shape index (κ1) is 15.1. The molecule has 0 amide bonds. The maximum Gasteiger partial charge on any atom is 0.136 e. The lowest BCUT2D eigenvalue weighted by atomic mass is 10.1. The maximum absolute atomic E-state index is 9.15. The highest BCUT2D eigenvalue weighted by atomic mass is 16.5. The summed E-state index contributed by atoms with van der Waals surface area (Å²) >= 11 is 0. The molecule has 2 N–H and O–H groups in total. The first-order valence-electron chi connectivity index (χ1n) is 7.14. The van der Waals surface area contributed by atoms with Gasteiger partial charge in [-0.3, -0.25) is 0 Å². The van der Waals surface area contributed by atoms with Gasteiger partial charge in [-0.1, -0.05) is 13.0 Å². The van der Waals surface area contributed by atoms with Crippen LogP contribution in [0.2, 0.25) is 0 Å². The first-order chi connectivity index (χ1) is 10.2. The molecule has 0 bridgehead atoms. The van der Waals surface area contributed by atoms with Crippen molar-refractivity contribution < 1.29 is 4.74 Å². The summed E-state index contributed by atoms with van der Waals surface area (Å²) in [5.41, 5.74) is 8.90. The fourth-order valence-electron chi connectivity index (χ4n) is 2.34. The number of nitrogens with zero attached hydrogens (tertiary/aromatic N) is 2. The molecule has 4 nitrogen and oxygen atoms in total. The first-order valence-corrected chi connectivity index (χ1v) is 7.14. The molecule has 2 aromatic rings. The summed E-state index contributed by atoms with van der Waals surface area (Å²) in [6.45, 7) is 2.83. The Morgan fingerprint density at radius 3 is 2.86 bits per heavy atom. The van der Waals surface area contributed by atoms with E-state index >= 15 is 0 Å². The van der Waals surface area contributed by atoms with Gasteiger partial charge in [0.25, 0.3) is 0 Å². The van der Waals surface area contributed by atoms with Crippen LogP contribution in [0.3, 0.4) is 0 Å². The quantitative estimate of drug-likeness (QED) is 0.886. The maximum atomic E-state index is 9.15. The van der Waals surface area contributed by atoms with E-state index in [4.69, 9.17) is 15.7 Å². The molecular weight excluding hydrogens is 262 g/mol. The highest BCUT2D eigenvalue weighted by Crippen LogP contribution is 2.20. The zero-order valence-corrected chi connectivity index (χ0v) is 12.5. The van der Waals surface area contributed by atoms with Gasteiger partial charge in [0.15, 0.2) is 0 Å². The van der Waals surface area contributed by atoms with Crippen molar-refractivity contribution in [3.8, 4) is 11.8 Å². The molecule has 0 radical (unpaired) electrons. The van der Waals surface area contributed by atoms with Gasteiger partial charge in [0, 0.05) is 30.9 Å². The van der Waals surface area contributed by atoms with Crippen molar-refractivity contribution in [2.75, 3.05) is 7.11 Å². The van der Waals surface area contributed by atoms with Gasteiger partial charge in [-0.2, -0.15) is 5.26 Å². The number of methoxy groups -OCH3 is 1. The van der Waals surface area contributed by atoms with Crippen molar-refractivity contribution in [1.29, 1.82) is 5.26 Å².